The first kappa shape index (κ1) is 14.2. The van der Waals surface area contributed by atoms with Crippen molar-refractivity contribution in [2.24, 2.45) is 0 Å². The van der Waals surface area contributed by atoms with E-state index in [0.29, 0.717) is 17.9 Å². The molecule has 0 aromatic heterocycles. The highest BCUT2D eigenvalue weighted by Crippen LogP contribution is 2.64. The summed E-state index contributed by atoms with van der Waals surface area (Å²) < 4.78 is 5.39. The number of methoxy groups -OCH3 is 1. The molecule has 0 saturated carbocycles. The Morgan fingerprint density at radius 3 is 2.77 bits per heavy atom. The van der Waals surface area contributed by atoms with E-state index >= 15 is 0 Å². The number of para-hydroxylation sites is 1. The molecule has 1 spiro atoms. The molecule has 4 aliphatic heterocycles. The van der Waals surface area contributed by atoms with Gasteiger partial charge in [-0.25, -0.2) is 0 Å². The van der Waals surface area contributed by atoms with Crippen LogP contribution in [0.4, 0.5) is 5.69 Å². The number of carbonyl (C=O) groups excluding carboxylic acids is 2. The number of rotatable bonds is 2. The molecule has 1 N–H and O–H groups in total. The van der Waals surface area contributed by atoms with Crippen LogP contribution < -0.4 is 9.64 Å². The number of likely N-dealkylation sites (N-methyl/N-ethyl adjacent to an activating group) is 1. The van der Waals surface area contributed by atoms with Crippen LogP contribution in [0, 0.1) is 0 Å². The van der Waals surface area contributed by atoms with E-state index in [9.17, 15) is 14.7 Å². The van der Waals surface area contributed by atoms with Crippen molar-refractivity contribution in [3.05, 3.63) is 23.8 Å². The number of fused-ring (bicyclic) bond motifs is 3. The van der Waals surface area contributed by atoms with Gasteiger partial charge in [-0.3, -0.25) is 14.5 Å². The number of ether oxygens (including phenoxy) is 1. The van der Waals surface area contributed by atoms with Crippen LogP contribution in [-0.2, 0) is 16.0 Å². The largest absolute Gasteiger partial charge is 0.495 e. The Bertz CT molecular complexity index is 712. The molecule has 4 heterocycles. The Morgan fingerprint density at radius 1 is 1.32 bits per heavy atom. The van der Waals surface area contributed by atoms with Gasteiger partial charge in [-0.1, -0.05) is 22.9 Å². The van der Waals surface area contributed by atoms with Gasteiger partial charge in [0.25, 0.3) is 11.8 Å². The normalized spacial score (nSPS) is 32.3. The van der Waals surface area contributed by atoms with E-state index in [1.54, 1.807) is 25.1 Å². The molecule has 8 heteroatoms. The molecule has 4 aliphatic rings. The zero-order valence-electron chi connectivity index (χ0n) is 12.0. The Kier molecular flexibility index (Phi) is 2.80. The highest BCUT2D eigenvalue weighted by molar-refractivity contribution is 8.78. The number of aliphatic hydroxyl groups is 1. The van der Waals surface area contributed by atoms with E-state index in [0.717, 1.165) is 5.56 Å². The van der Waals surface area contributed by atoms with E-state index in [-0.39, 0.29) is 11.8 Å². The Labute approximate surface area is 135 Å². The first-order valence-electron chi connectivity index (χ1n) is 6.78. The van der Waals surface area contributed by atoms with E-state index < -0.39 is 16.3 Å². The van der Waals surface area contributed by atoms with Crippen molar-refractivity contribution in [2.75, 3.05) is 25.7 Å². The van der Waals surface area contributed by atoms with Crippen molar-refractivity contribution in [2.45, 2.75) is 16.2 Å². The van der Waals surface area contributed by atoms with Crippen LogP contribution in [0.3, 0.4) is 0 Å². The van der Waals surface area contributed by atoms with Gasteiger partial charge in [-0.2, -0.15) is 0 Å². The van der Waals surface area contributed by atoms with E-state index in [4.69, 9.17) is 4.74 Å². The van der Waals surface area contributed by atoms with Gasteiger partial charge in [0, 0.05) is 13.5 Å². The summed E-state index contributed by atoms with van der Waals surface area (Å²) in [6.45, 7) is -0.414. The first-order chi connectivity index (χ1) is 10.5. The molecule has 1 aromatic carbocycles. The monoisotopic (exact) mass is 338 g/mol. The molecule has 22 heavy (non-hydrogen) atoms. The van der Waals surface area contributed by atoms with Crippen LogP contribution in [-0.4, -0.2) is 52.3 Å². The van der Waals surface area contributed by atoms with Gasteiger partial charge in [-0.15, -0.1) is 0 Å². The van der Waals surface area contributed by atoms with Crippen LogP contribution >= 0.6 is 21.6 Å². The summed E-state index contributed by atoms with van der Waals surface area (Å²) in [6.07, 6.45) is 0.452. The van der Waals surface area contributed by atoms with E-state index in [2.05, 4.69) is 0 Å². The van der Waals surface area contributed by atoms with Gasteiger partial charge in [0.05, 0.1) is 19.4 Å². The van der Waals surface area contributed by atoms with Crippen LogP contribution in [0.15, 0.2) is 18.2 Å². The van der Waals surface area contributed by atoms with Gasteiger partial charge < -0.3 is 14.7 Å². The summed E-state index contributed by atoms with van der Waals surface area (Å²) in [7, 11) is 5.76. The molecule has 3 saturated heterocycles. The molecule has 3 fully saturated rings. The second-order valence-electron chi connectivity index (χ2n) is 5.54. The Morgan fingerprint density at radius 2 is 2.09 bits per heavy atom. The number of carbonyl (C=O) groups is 2. The Balaban J connectivity index is 1.97. The number of amides is 2. The zero-order valence-corrected chi connectivity index (χ0v) is 13.7. The maximum Gasteiger partial charge on any atom is 0.268 e. The second kappa shape index (κ2) is 4.33. The van der Waals surface area contributed by atoms with Crippen molar-refractivity contribution in [3.8, 4) is 5.75 Å². The SMILES string of the molecule is COc1cccc2c1N1C(=O)[C@]3(CO)SS[C@]1(C2)C(=O)N3C. The molecule has 0 unspecified atom stereocenters. The average Bonchev–Trinajstić information content (AvgIpc) is 2.89. The van der Waals surface area contributed by atoms with Gasteiger partial charge in [0.1, 0.15) is 5.75 Å². The number of hydrogen-bond donors (Lipinski definition) is 1. The van der Waals surface area contributed by atoms with Gasteiger partial charge >= 0.3 is 0 Å². The smallest absolute Gasteiger partial charge is 0.268 e. The standard InChI is InChI=1S/C14H14N2O4S2/c1-15-11(18)13-6-8-4-3-5-9(20-2)10(8)16(13)12(19)14(15,7-17)22-21-13/h3-5,17H,6-7H2,1-2H3/t13-,14+/m1/s1. The van der Waals surface area contributed by atoms with Crippen molar-refractivity contribution < 1.29 is 19.4 Å². The topological polar surface area (TPSA) is 70.1 Å². The summed E-state index contributed by atoms with van der Waals surface area (Å²) in [5.74, 6) is 0.164. The number of hydrogen-bond acceptors (Lipinski definition) is 6. The fourth-order valence-corrected chi connectivity index (χ4v) is 6.87. The predicted molar refractivity (Wildman–Crippen MR) is 84.7 cm³/mol. The third-order valence-corrected chi connectivity index (χ3v) is 8.19. The number of benzene rings is 1. The molecule has 2 atom stereocenters. The molecule has 1 aromatic rings. The highest BCUT2D eigenvalue weighted by atomic mass is 33.1. The lowest BCUT2D eigenvalue weighted by atomic mass is 10.0. The second-order valence-corrected chi connectivity index (χ2v) is 8.23. The highest BCUT2D eigenvalue weighted by Gasteiger charge is 2.71. The average molecular weight is 338 g/mol. The van der Waals surface area contributed by atoms with Crippen molar-refractivity contribution in [1.82, 2.24) is 4.90 Å². The third kappa shape index (κ3) is 1.34. The molecule has 5 rings (SSSR count). The van der Waals surface area contributed by atoms with Crippen LogP contribution in [0.5, 0.6) is 5.75 Å². The fourth-order valence-electron chi connectivity index (χ4n) is 3.36. The van der Waals surface area contributed by atoms with Gasteiger partial charge in [0.15, 0.2) is 4.87 Å². The lowest BCUT2D eigenvalue weighted by Gasteiger charge is -2.57. The molecule has 2 amide bonds. The van der Waals surface area contributed by atoms with Crippen molar-refractivity contribution in [3.63, 3.8) is 0 Å². The van der Waals surface area contributed by atoms with Crippen molar-refractivity contribution >= 4 is 39.1 Å². The van der Waals surface area contributed by atoms with Crippen LogP contribution in [0.25, 0.3) is 0 Å². The lowest BCUT2D eigenvalue weighted by Crippen LogP contribution is -2.77. The number of aliphatic hydroxyl groups excluding tert-OH is 1. The molecule has 0 radical (unpaired) electrons. The van der Waals surface area contributed by atoms with E-state index in [1.165, 1.54) is 26.5 Å². The van der Waals surface area contributed by atoms with E-state index in [1.807, 2.05) is 12.1 Å². The summed E-state index contributed by atoms with van der Waals surface area (Å²) in [5, 5.41) is 9.81. The fraction of sp³-hybridized carbons (Fsp3) is 0.429. The molecule has 0 aliphatic carbocycles. The van der Waals surface area contributed by atoms with Crippen LogP contribution in [0.2, 0.25) is 0 Å². The minimum absolute atomic E-state index is 0.150. The minimum atomic E-state index is -1.26. The summed E-state index contributed by atoms with van der Waals surface area (Å²) in [4.78, 5) is 26.7. The molecule has 2 bridgehead atoms. The van der Waals surface area contributed by atoms with Gasteiger partial charge in [-0.05, 0) is 22.4 Å². The predicted octanol–water partition coefficient (Wildman–Crippen LogP) is 0.836. The summed E-state index contributed by atoms with van der Waals surface area (Å²) >= 11 is 0. The quantitative estimate of drug-likeness (QED) is 0.806. The third-order valence-electron chi connectivity index (χ3n) is 4.57. The minimum Gasteiger partial charge on any atom is -0.495 e. The first-order valence-corrected chi connectivity index (χ1v) is 8.93. The number of piperazine rings is 1. The van der Waals surface area contributed by atoms with Gasteiger partial charge in [0.2, 0.25) is 4.87 Å². The molecular formula is C14H14N2O4S2. The maximum absolute atomic E-state index is 13.1. The van der Waals surface area contributed by atoms with Crippen molar-refractivity contribution in [1.29, 1.82) is 0 Å². The summed E-state index contributed by atoms with van der Waals surface area (Å²) in [5.41, 5.74) is 1.57. The number of nitrogens with zero attached hydrogens (tertiary/aromatic N) is 2. The Hall–Kier alpha value is -1.38. The molecule has 116 valence electrons. The zero-order chi connectivity index (χ0) is 15.7. The van der Waals surface area contributed by atoms with Crippen LogP contribution in [0.1, 0.15) is 5.56 Å². The molecular weight excluding hydrogens is 324 g/mol. The number of anilines is 1. The summed E-state index contributed by atoms with van der Waals surface area (Å²) in [6, 6.07) is 5.55. The maximum atomic E-state index is 13.1. The molecule has 6 nitrogen and oxygen atoms in total. The lowest BCUT2D eigenvalue weighted by molar-refractivity contribution is -0.149.